The second kappa shape index (κ2) is 8.61. The summed E-state index contributed by atoms with van der Waals surface area (Å²) in [5.41, 5.74) is 0. The van der Waals surface area contributed by atoms with E-state index in [9.17, 15) is 4.79 Å². The number of nitrogens with one attached hydrogen (secondary N) is 1. The number of benzene rings is 1. The van der Waals surface area contributed by atoms with Crippen LogP contribution in [0.25, 0.3) is 0 Å². The van der Waals surface area contributed by atoms with Gasteiger partial charge in [-0.3, -0.25) is 4.79 Å². The van der Waals surface area contributed by atoms with E-state index in [1.54, 1.807) is 13.0 Å². The zero-order valence-corrected chi connectivity index (χ0v) is 14.7. The van der Waals surface area contributed by atoms with Crippen LogP contribution in [0, 0.1) is 0 Å². The number of hydrogen-bond donors (Lipinski definition) is 1. The Morgan fingerprint density at radius 1 is 1.30 bits per heavy atom. The Bertz CT molecular complexity index is 452. The Kier molecular flexibility index (Phi) is 7.50. The highest BCUT2D eigenvalue weighted by molar-refractivity contribution is 9.11. The average Bonchev–Trinajstić information content (AvgIpc) is 2.42. The van der Waals surface area contributed by atoms with Gasteiger partial charge >= 0.3 is 0 Å². The van der Waals surface area contributed by atoms with Crippen molar-refractivity contribution in [1.29, 1.82) is 0 Å². The zero-order valence-electron chi connectivity index (χ0n) is 11.5. The number of amides is 1. The first-order valence-corrected chi connectivity index (χ1v) is 7.51. The highest BCUT2D eigenvalue weighted by Gasteiger charge is 2.17. The van der Waals surface area contributed by atoms with Gasteiger partial charge in [-0.25, -0.2) is 0 Å². The van der Waals surface area contributed by atoms with Crippen LogP contribution in [0.5, 0.6) is 5.75 Å². The molecule has 0 heterocycles. The van der Waals surface area contributed by atoms with Crippen LogP contribution in [-0.4, -0.2) is 39.1 Å². The van der Waals surface area contributed by atoms with E-state index in [-0.39, 0.29) is 12.5 Å². The summed E-state index contributed by atoms with van der Waals surface area (Å²) in [4.78, 5) is 11.9. The first-order chi connectivity index (χ1) is 9.47. The van der Waals surface area contributed by atoms with E-state index in [0.717, 1.165) is 8.95 Å². The summed E-state index contributed by atoms with van der Waals surface area (Å²) in [5, 5.41) is 2.70. The van der Waals surface area contributed by atoms with Gasteiger partial charge in [0.1, 0.15) is 5.75 Å². The first-order valence-electron chi connectivity index (χ1n) is 5.93. The lowest BCUT2D eigenvalue weighted by Crippen LogP contribution is -2.41. The molecule has 0 saturated carbocycles. The third-order valence-electron chi connectivity index (χ3n) is 2.54. The Balaban J connectivity index is 2.53. The molecule has 7 heteroatoms. The fourth-order valence-corrected chi connectivity index (χ4v) is 2.55. The second-order valence-corrected chi connectivity index (χ2v) is 5.75. The molecule has 0 aromatic heterocycles. The van der Waals surface area contributed by atoms with Gasteiger partial charge in [0, 0.05) is 18.7 Å². The van der Waals surface area contributed by atoms with Gasteiger partial charge in [-0.15, -0.1) is 0 Å². The molecule has 0 spiro atoms. The highest BCUT2D eigenvalue weighted by Crippen LogP contribution is 2.28. The number of carbonyl (C=O) groups is 1. The van der Waals surface area contributed by atoms with Crippen molar-refractivity contribution in [1.82, 2.24) is 5.32 Å². The minimum atomic E-state index is -0.623. The molecular weight excluding hydrogens is 394 g/mol. The Labute approximate surface area is 135 Å². The summed E-state index contributed by atoms with van der Waals surface area (Å²) in [6.07, 6.45) is -1.09. The van der Waals surface area contributed by atoms with Gasteiger partial charge in [-0.2, -0.15) is 0 Å². The number of hydrogen-bond acceptors (Lipinski definition) is 4. The molecule has 0 saturated heterocycles. The summed E-state index contributed by atoms with van der Waals surface area (Å²) in [6, 6.07) is 5.48. The van der Waals surface area contributed by atoms with E-state index in [0.29, 0.717) is 5.75 Å². The molecule has 0 aliphatic heterocycles. The molecule has 1 aromatic rings. The van der Waals surface area contributed by atoms with Gasteiger partial charge in [0.15, 0.2) is 12.4 Å². The van der Waals surface area contributed by atoms with Crippen LogP contribution in [0.15, 0.2) is 27.1 Å². The van der Waals surface area contributed by atoms with Crippen molar-refractivity contribution in [2.75, 3.05) is 20.8 Å². The maximum Gasteiger partial charge on any atom is 0.260 e. The second-order valence-electron chi connectivity index (χ2n) is 3.98. The Morgan fingerprint density at radius 2 is 1.95 bits per heavy atom. The van der Waals surface area contributed by atoms with Gasteiger partial charge in [0.05, 0.1) is 11.0 Å². The third-order valence-corrected chi connectivity index (χ3v) is 3.65. The molecule has 5 nitrogen and oxygen atoms in total. The van der Waals surface area contributed by atoms with Crippen molar-refractivity contribution < 1.29 is 19.0 Å². The smallest absolute Gasteiger partial charge is 0.260 e. The summed E-state index contributed by atoms with van der Waals surface area (Å²) in [6.45, 7) is 1.94. The normalized spacial score (nSPS) is 12.3. The van der Waals surface area contributed by atoms with Crippen LogP contribution >= 0.6 is 31.9 Å². The summed E-state index contributed by atoms with van der Waals surface area (Å²) < 4.78 is 17.3. The topological polar surface area (TPSA) is 56.8 Å². The minimum absolute atomic E-state index is 0.237. The molecular formula is C13H17Br2NO4. The molecule has 20 heavy (non-hydrogen) atoms. The average molecular weight is 411 g/mol. The van der Waals surface area contributed by atoms with Crippen LogP contribution < -0.4 is 10.1 Å². The van der Waals surface area contributed by atoms with Gasteiger partial charge < -0.3 is 19.5 Å². The summed E-state index contributed by atoms with van der Waals surface area (Å²) in [7, 11) is 3.03. The van der Waals surface area contributed by atoms with Crippen molar-refractivity contribution in [3.05, 3.63) is 27.1 Å². The molecule has 0 unspecified atom stereocenters. The fraction of sp³-hybridized carbons (Fsp3) is 0.462. The van der Waals surface area contributed by atoms with Crippen LogP contribution in [0.1, 0.15) is 6.92 Å². The molecule has 0 radical (unpaired) electrons. The van der Waals surface area contributed by atoms with Crippen LogP contribution in [0.3, 0.4) is 0 Å². The number of carbonyl (C=O) groups excluding carboxylic acids is 1. The van der Waals surface area contributed by atoms with Crippen molar-refractivity contribution >= 4 is 37.8 Å². The molecule has 1 N–H and O–H groups in total. The van der Waals surface area contributed by atoms with Gasteiger partial charge in [-0.1, -0.05) is 15.9 Å². The number of rotatable bonds is 7. The van der Waals surface area contributed by atoms with Gasteiger partial charge in [0.25, 0.3) is 5.91 Å². The quantitative estimate of drug-likeness (QED) is 0.702. The van der Waals surface area contributed by atoms with Crippen molar-refractivity contribution in [3.8, 4) is 5.75 Å². The monoisotopic (exact) mass is 409 g/mol. The fourth-order valence-electron chi connectivity index (χ4n) is 1.41. The molecule has 112 valence electrons. The summed E-state index contributed by atoms with van der Waals surface area (Å²) >= 11 is 6.74. The molecule has 0 bridgehead atoms. The van der Waals surface area contributed by atoms with Crippen LogP contribution in [0.4, 0.5) is 0 Å². The van der Waals surface area contributed by atoms with Gasteiger partial charge in [-0.05, 0) is 41.1 Å². The number of methoxy groups -OCH3 is 2. The Hall–Kier alpha value is -0.630. The molecule has 0 aliphatic rings. The van der Waals surface area contributed by atoms with E-state index in [1.165, 1.54) is 14.2 Å². The Morgan fingerprint density at radius 3 is 2.50 bits per heavy atom. The standard InChI is InChI=1S/C13H17Br2NO4/c1-8(13(17)16-7-12(18-2)19-3)20-11-5-4-9(14)6-10(11)15/h4-6,8,12H,7H2,1-3H3,(H,16,17)/t8-/m1/s1. The van der Waals surface area contributed by atoms with E-state index in [4.69, 9.17) is 14.2 Å². The number of halogens is 2. The third kappa shape index (κ3) is 5.40. The van der Waals surface area contributed by atoms with E-state index < -0.39 is 12.4 Å². The minimum Gasteiger partial charge on any atom is -0.480 e. The number of ether oxygens (including phenoxy) is 3. The SMILES string of the molecule is COC(CNC(=O)[C@@H](C)Oc1ccc(Br)cc1Br)OC. The van der Waals surface area contributed by atoms with Crippen LogP contribution in [0.2, 0.25) is 0 Å². The first kappa shape index (κ1) is 17.4. The highest BCUT2D eigenvalue weighted by atomic mass is 79.9. The van der Waals surface area contributed by atoms with E-state index >= 15 is 0 Å². The lowest BCUT2D eigenvalue weighted by molar-refractivity contribution is -0.132. The van der Waals surface area contributed by atoms with Crippen molar-refractivity contribution in [2.45, 2.75) is 19.3 Å². The molecule has 1 atom stereocenters. The van der Waals surface area contributed by atoms with Crippen molar-refractivity contribution in [2.24, 2.45) is 0 Å². The van der Waals surface area contributed by atoms with Crippen LogP contribution in [-0.2, 0) is 14.3 Å². The molecule has 1 rings (SSSR count). The predicted octanol–water partition coefficient (Wildman–Crippen LogP) is 2.71. The molecule has 0 fully saturated rings. The van der Waals surface area contributed by atoms with Gasteiger partial charge in [0.2, 0.25) is 0 Å². The lowest BCUT2D eigenvalue weighted by atomic mass is 10.3. The maximum atomic E-state index is 11.9. The maximum absolute atomic E-state index is 11.9. The van der Waals surface area contributed by atoms with Crippen molar-refractivity contribution in [3.63, 3.8) is 0 Å². The summed E-state index contributed by atoms with van der Waals surface area (Å²) in [5.74, 6) is 0.366. The zero-order chi connectivity index (χ0) is 15.1. The molecule has 1 aromatic carbocycles. The predicted molar refractivity (Wildman–Crippen MR) is 82.7 cm³/mol. The molecule has 1 amide bonds. The molecule has 0 aliphatic carbocycles. The lowest BCUT2D eigenvalue weighted by Gasteiger charge is -2.18. The van der Waals surface area contributed by atoms with E-state index in [2.05, 4.69) is 37.2 Å². The van der Waals surface area contributed by atoms with E-state index in [1.807, 2.05) is 12.1 Å². The largest absolute Gasteiger partial charge is 0.480 e.